The number of rotatable bonds is 5. The topological polar surface area (TPSA) is 26.3 Å². The summed E-state index contributed by atoms with van der Waals surface area (Å²) in [4.78, 5) is 10.9. The van der Waals surface area contributed by atoms with Gasteiger partial charge in [0.2, 0.25) is 0 Å². The van der Waals surface area contributed by atoms with Crippen LogP contribution in [0.4, 0.5) is 0 Å². The van der Waals surface area contributed by atoms with E-state index in [1.807, 2.05) is 0 Å². The standard InChI is InChI=1S/C8H15ClO2/c1-3-5-6-7(9)8(10)11-4-2/h7H,3-6H2,1-2H3. The van der Waals surface area contributed by atoms with Crippen LogP contribution in [0.25, 0.3) is 0 Å². The number of halogens is 1. The van der Waals surface area contributed by atoms with E-state index in [4.69, 9.17) is 16.3 Å². The van der Waals surface area contributed by atoms with Crippen molar-refractivity contribution in [2.45, 2.75) is 38.5 Å². The van der Waals surface area contributed by atoms with Gasteiger partial charge in [0.25, 0.3) is 0 Å². The first-order valence-corrected chi connectivity index (χ1v) is 4.46. The molecule has 0 spiro atoms. The molecule has 0 fully saturated rings. The third-order valence-electron chi connectivity index (χ3n) is 1.35. The quantitative estimate of drug-likeness (QED) is 0.477. The first-order valence-electron chi connectivity index (χ1n) is 4.03. The Morgan fingerprint density at radius 1 is 1.55 bits per heavy atom. The SMILES string of the molecule is CCCCC(Cl)C(=O)OCC. The van der Waals surface area contributed by atoms with Gasteiger partial charge in [0.1, 0.15) is 5.38 Å². The molecule has 0 saturated heterocycles. The molecule has 66 valence electrons. The van der Waals surface area contributed by atoms with E-state index in [1.54, 1.807) is 6.92 Å². The van der Waals surface area contributed by atoms with Crippen LogP contribution in [0.1, 0.15) is 33.1 Å². The van der Waals surface area contributed by atoms with Crippen molar-refractivity contribution in [3.05, 3.63) is 0 Å². The van der Waals surface area contributed by atoms with Crippen LogP contribution < -0.4 is 0 Å². The fourth-order valence-electron chi connectivity index (χ4n) is 0.734. The molecule has 0 amide bonds. The van der Waals surface area contributed by atoms with Crippen molar-refractivity contribution in [1.82, 2.24) is 0 Å². The van der Waals surface area contributed by atoms with E-state index >= 15 is 0 Å². The molecule has 0 aromatic heterocycles. The number of ether oxygens (including phenoxy) is 1. The van der Waals surface area contributed by atoms with E-state index in [2.05, 4.69) is 6.92 Å². The highest BCUT2D eigenvalue weighted by molar-refractivity contribution is 6.29. The second-order valence-corrected chi connectivity index (χ2v) is 2.89. The Balaban J connectivity index is 3.46. The second-order valence-electron chi connectivity index (χ2n) is 2.36. The molecular weight excluding hydrogens is 164 g/mol. The Hall–Kier alpha value is -0.240. The van der Waals surface area contributed by atoms with Crippen LogP contribution in [0.2, 0.25) is 0 Å². The Kier molecular flexibility index (Phi) is 6.33. The van der Waals surface area contributed by atoms with Crippen LogP contribution in [-0.4, -0.2) is 18.0 Å². The van der Waals surface area contributed by atoms with E-state index in [0.717, 1.165) is 19.3 Å². The third kappa shape index (κ3) is 5.08. The molecule has 3 heteroatoms. The minimum atomic E-state index is -0.449. The van der Waals surface area contributed by atoms with Crippen molar-refractivity contribution >= 4 is 17.6 Å². The average molecular weight is 179 g/mol. The Morgan fingerprint density at radius 2 is 2.18 bits per heavy atom. The van der Waals surface area contributed by atoms with Crippen LogP contribution in [0.5, 0.6) is 0 Å². The zero-order valence-corrected chi connectivity index (χ0v) is 7.86. The highest BCUT2D eigenvalue weighted by Gasteiger charge is 2.14. The molecule has 0 bridgehead atoms. The molecule has 0 aliphatic heterocycles. The zero-order valence-electron chi connectivity index (χ0n) is 7.10. The summed E-state index contributed by atoms with van der Waals surface area (Å²) in [5.74, 6) is -0.289. The van der Waals surface area contributed by atoms with E-state index in [9.17, 15) is 4.79 Å². The van der Waals surface area contributed by atoms with Gasteiger partial charge in [-0.1, -0.05) is 19.8 Å². The molecule has 0 aromatic rings. The number of hydrogen-bond donors (Lipinski definition) is 0. The van der Waals surface area contributed by atoms with Crippen molar-refractivity contribution in [3.8, 4) is 0 Å². The lowest BCUT2D eigenvalue weighted by atomic mass is 10.2. The van der Waals surface area contributed by atoms with Crippen molar-refractivity contribution in [3.63, 3.8) is 0 Å². The fraction of sp³-hybridized carbons (Fsp3) is 0.875. The summed E-state index contributed by atoms with van der Waals surface area (Å²) in [6.07, 6.45) is 2.76. The molecule has 0 N–H and O–H groups in total. The molecule has 1 unspecified atom stereocenters. The highest BCUT2D eigenvalue weighted by atomic mass is 35.5. The van der Waals surface area contributed by atoms with Gasteiger partial charge in [0.15, 0.2) is 0 Å². The van der Waals surface area contributed by atoms with E-state index in [1.165, 1.54) is 0 Å². The van der Waals surface area contributed by atoms with Crippen LogP contribution in [0.15, 0.2) is 0 Å². The Morgan fingerprint density at radius 3 is 2.64 bits per heavy atom. The lowest BCUT2D eigenvalue weighted by Gasteiger charge is -2.06. The summed E-state index contributed by atoms with van der Waals surface area (Å²) in [7, 11) is 0. The number of unbranched alkanes of at least 4 members (excludes halogenated alkanes) is 1. The highest BCUT2D eigenvalue weighted by Crippen LogP contribution is 2.08. The van der Waals surface area contributed by atoms with Gasteiger partial charge in [-0.2, -0.15) is 0 Å². The molecule has 0 saturated carbocycles. The van der Waals surface area contributed by atoms with E-state index in [0.29, 0.717) is 6.61 Å². The molecule has 0 rings (SSSR count). The van der Waals surface area contributed by atoms with Crippen LogP contribution in [-0.2, 0) is 9.53 Å². The van der Waals surface area contributed by atoms with Crippen LogP contribution >= 0.6 is 11.6 Å². The summed E-state index contributed by atoms with van der Waals surface area (Å²) in [6, 6.07) is 0. The fourth-order valence-corrected chi connectivity index (χ4v) is 0.951. The molecule has 0 heterocycles. The predicted octanol–water partition coefficient (Wildman–Crippen LogP) is 2.35. The molecule has 11 heavy (non-hydrogen) atoms. The average Bonchev–Trinajstić information content (AvgIpc) is 2.00. The molecular formula is C8H15ClO2. The molecule has 0 aliphatic carbocycles. The molecule has 0 radical (unpaired) electrons. The predicted molar refractivity (Wildman–Crippen MR) is 45.8 cm³/mol. The normalized spacial score (nSPS) is 12.6. The summed E-state index contributed by atoms with van der Waals surface area (Å²) >= 11 is 5.71. The maximum Gasteiger partial charge on any atom is 0.324 e. The first-order chi connectivity index (χ1) is 5.22. The number of esters is 1. The molecule has 0 aromatic carbocycles. The van der Waals surface area contributed by atoms with Crippen molar-refractivity contribution in [1.29, 1.82) is 0 Å². The minimum Gasteiger partial charge on any atom is -0.465 e. The number of carbonyl (C=O) groups is 1. The zero-order chi connectivity index (χ0) is 8.69. The largest absolute Gasteiger partial charge is 0.465 e. The maximum atomic E-state index is 10.9. The monoisotopic (exact) mass is 178 g/mol. The number of hydrogen-bond acceptors (Lipinski definition) is 2. The number of alkyl halides is 1. The Bertz CT molecular complexity index is 115. The third-order valence-corrected chi connectivity index (χ3v) is 1.75. The molecule has 1 atom stereocenters. The minimum absolute atomic E-state index is 0.289. The maximum absolute atomic E-state index is 10.9. The van der Waals surface area contributed by atoms with Crippen LogP contribution in [0.3, 0.4) is 0 Å². The summed E-state index contributed by atoms with van der Waals surface area (Å²) < 4.78 is 4.73. The van der Waals surface area contributed by atoms with Gasteiger partial charge in [-0.15, -0.1) is 11.6 Å². The second kappa shape index (κ2) is 6.47. The Labute approximate surface area is 72.9 Å². The lowest BCUT2D eigenvalue weighted by molar-refractivity contribution is -0.142. The van der Waals surface area contributed by atoms with Gasteiger partial charge in [-0.3, -0.25) is 4.79 Å². The van der Waals surface area contributed by atoms with Gasteiger partial charge in [-0.25, -0.2) is 0 Å². The number of carbonyl (C=O) groups excluding carboxylic acids is 1. The summed E-state index contributed by atoms with van der Waals surface area (Å²) in [5.41, 5.74) is 0. The summed E-state index contributed by atoms with van der Waals surface area (Å²) in [5, 5.41) is -0.449. The van der Waals surface area contributed by atoms with E-state index in [-0.39, 0.29) is 5.97 Å². The van der Waals surface area contributed by atoms with Gasteiger partial charge in [0.05, 0.1) is 6.61 Å². The molecule has 0 aliphatic rings. The van der Waals surface area contributed by atoms with Crippen molar-refractivity contribution < 1.29 is 9.53 Å². The smallest absolute Gasteiger partial charge is 0.324 e. The van der Waals surface area contributed by atoms with Gasteiger partial charge < -0.3 is 4.74 Å². The first kappa shape index (κ1) is 10.8. The van der Waals surface area contributed by atoms with Crippen LogP contribution in [0, 0.1) is 0 Å². The van der Waals surface area contributed by atoms with Gasteiger partial charge in [-0.05, 0) is 13.3 Å². The van der Waals surface area contributed by atoms with Crippen molar-refractivity contribution in [2.75, 3.05) is 6.61 Å². The van der Waals surface area contributed by atoms with Crippen molar-refractivity contribution in [2.24, 2.45) is 0 Å². The van der Waals surface area contributed by atoms with Gasteiger partial charge in [0, 0.05) is 0 Å². The lowest BCUT2D eigenvalue weighted by Crippen LogP contribution is -2.17. The van der Waals surface area contributed by atoms with Gasteiger partial charge >= 0.3 is 5.97 Å². The summed E-state index contributed by atoms with van der Waals surface area (Å²) in [6.45, 7) is 4.25. The molecule has 2 nitrogen and oxygen atoms in total. The van der Waals surface area contributed by atoms with E-state index < -0.39 is 5.38 Å².